The van der Waals surface area contributed by atoms with E-state index in [4.69, 9.17) is 19.8 Å². The quantitative estimate of drug-likeness (QED) is 0.451. The van der Waals surface area contributed by atoms with E-state index in [0.29, 0.717) is 0 Å². The summed E-state index contributed by atoms with van der Waals surface area (Å²) >= 11 is 0. The molecule has 0 aromatic heterocycles. The van der Waals surface area contributed by atoms with Crippen LogP contribution in [0, 0.1) is 0 Å². The van der Waals surface area contributed by atoms with Crippen LogP contribution in [-0.2, 0) is 78.8 Å². The molecule has 0 aromatic carbocycles. The standard InChI is InChI=1S/C2H2O4.Fe.Mn.Ni.V/c3-1(4)2(5)6;;;;/h(H,3,4)(H,5,6);;;;. The molecule has 0 aliphatic rings. The van der Waals surface area contributed by atoms with Gasteiger partial charge in [0, 0.05) is 69.2 Å². The minimum atomic E-state index is -1.82. The van der Waals surface area contributed by atoms with Gasteiger partial charge < -0.3 is 10.2 Å². The minimum Gasteiger partial charge on any atom is -0.473 e. The Morgan fingerprint density at radius 1 is 1.00 bits per heavy atom. The second-order valence-electron chi connectivity index (χ2n) is 0.610. The normalized spacial score (nSPS) is 4.40. The molecule has 0 amide bonds. The summed E-state index contributed by atoms with van der Waals surface area (Å²) in [6.45, 7) is 0. The molecule has 0 unspecified atom stereocenters. The van der Waals surface area contributed by atoms with Crippen molar-refractivity contribution in [3.63, 3.8) is 0 Å². The van der Waals surface area contributed by atoms with Gasteiger partial charge in [-0.25, -0.2) is 9.59 Å². The molecule has 0 rings (SSSR count). The Kier molecular flexibility index (Phi) is 50.5. The molecule has 2 N–H and O–H groups in total. The van der Waals surface area contributed by atoms with Gasteiger partial charge in [-0.2, -0.15) is 0 Å². The Bertz CT molecular complexity index is 89.3. The average Bonchev–Trinajstić information content (AvgIpc) is 1.36. The predicted octanol–water partition coefficient (Wildman–Crippen LogP) is -0.854. The van der Waals surface area contributed by atoms with Gasteiger partial charge in [0.25, 0.3) is 0 Å². The summed E-state index contributed by atoms with van der Waals surface area (Å²) in [6, 6.07) is 0. The van der Waals surface area contributed by atoms with Crippen LogP contribution in [0.3, 0.4) is 0 Å². The first-order valence-corrected chi connectivity index (χ1v) is 1.11. The number of hydrogen-bond donors (Lipinski definition) is 2. The molecule has 0 heterocycles. The van der Waals surface area contributed by atoms with Crippen LogP contribution < -0.4 is 0 Å². The molecule has 0 atom stereocenters. The first-order chi connectivity index (χ1) is 2.64. The Labute approximate surface area is 100 Å². The topological polar surface area (TPSA) is 74.6 Å². The fraction of sp³-hybridized carbons (Fsp3) is 0. The first kappa shape index (κ1) is 30.5. The smallest absolute Gasteiger partial charge is 0.414 e. The van der Waals surface area contributed by atoms with Crippen LogP contribution in [0.5, 0.6) is 0 Å². The minimum absolute atomic E-state index is 0. The van der Waals surface area contributed by atoms with E-state index >= 15 is 0 Å². The Balaban J connectivity index is -0.0000000208. The predicted molar refractivity (Wildman–Crippen MR) is 15.3 cm³/mol. The fourth-order valence-electron chi connectivity index (χ4n) is 0. The molecule has 0 bridgehead atoms. The van der Waals surface area contributed by atoms with Gasteiger partial charge in [0.2, 0.25) is 0 Å². The van der Waals surface area contributed by atoms with Crippen LogP contribution in [0.2, 0.25) is 0 Å². The maximum absolute atomic E-state index is 9.10. The summed E-state index contributed by atoms with van der Waals surface area (Å²) in [7, 11) is 0. The fourth-order valence-corrected chi connectivity index (χ4v) is 0. The van der Waals surface area contributed by atoms with Gasteiger partial charge in [-0.05, 0) is 0 Å². The molecule has 0 saturated heterocycles. The number of hydrogen-bond acceptors (Lipinski definition) is 2. The number of carboxylic acid groups (broad SMARTS) is 2. The Morgan fingerprint density at radius 2 is 1.10 bits per heavy atom. The maximum Gasteiger partial charge on any atom is 0.414 e. The summed E-state index contributed by atoms with van der Waals surface area (Å²) in [5.41, 5.74) is 0. The largest absolute Gasteiger partial charge is 0.473 e. The van der Waals surface area contributed by atoms with E-state index in [1.54, 1.807) is 0 Å². The van der Waals surface area contributed by atoms with E-state index in [1.165, 1.54) is 0 Å². The van der Waals surface area contributed by atoms with Crippen LogP contribution in [-0.4, -0.2) is 22.2 Å². The van der Waals surface area contributed by atoms with Gasteiger partial charge in [-0.3, -0.25) is 0 Å². The zero-order valence-electron chi connectivity index (χ0n) is 4.21. The Morgan fingerprint density at radius 3 is 1.10 bits per heavy atom. The van der Waals surface area contributed by atoms with E-state index in [2.05, 4.69) is 0 Å². The van der Waals surface area contributed by atoms with Gasteiger partial charge in [0.15, 0.2) is 0 Å². The first-order valence-electron chi connectivity index (χ1n) is 1.11. The van der Waals surface area contributed by atoms with Crippen molar-refractivity contribution in [3.05, 3.63) is 0 Å². The molecule has 8 heteroatoms. The molecule has 0 spiro atoms. The number of aliphatic carboxylic acids is 2. The van der Waals surface area contributed by atoms with Crippen LogP contribution in [0.1, 0.15) is 0 Å². The zero-order valence-corrected chi connectivity index (χ0v) is 8.87. The van der Waals surface area contributed by atoms with E-state index < -0.39 is 11.9 Å². The van der Waals surface area contributed by atoms with Crippen LogP contribution in [0.25, 0.3) is 0 Å². The second kappa shape index (κ2) is 16.6. The summed E-state index contributed by atoms with van der Waals surface area (Å²) in [4.78, 5) is 18.2. The Hall–Kier alpha value is 1.06. The summed E-state index contributed by atoms with van der Waals surface area (Å²) in [6.07, 6.45) is 0. The van der Waals surface area contributed by atoms with E-state index in [9.17, 15) is 0 Å². The molecule has 0 aliphatic carbocycles. The maximum atomic E-state index is 9.10. The molecule has 0 aliphatic heterocycles. The van der Waals surface area contributed by atoms with Crippen molar-refractivity contribution in [3.8, 4) is 0 Å². The third kappa shape index (κ3) is 23.0. The van der Waals surface area contributed by atoms with Gasteiger partial charge in [0.05, 0.1) is 0 Å². The van der Waals surface area contributed by atoms with Crippen molar-refractivity contribution in [1.29, 1.82) is 0 Å². The third-order valence-electron chi connectivity index (χ3n) is 0.183. The molecule has 0 aromatic rings. The third-order valence-corrected chi connectivity index (χ3v) is 0.183. The zero-order chi connectivity index (χ0) is 5.15. The summed E-state index contributed by atoms with van der Waals surface area (Å²) < 4.78 is 0. The molecule has 10 heavy (non-hydrogen) atoms. The monoisotopic (exact) mass is 310 g/mol. The van der Waals surface area contributed by atoms with E-state index in [1.807, 2.05) is 0 Å². The number of carboxylic acids is 2. The molecule has 4 nitrogen and oxygen atoms in total. The van der Waals surface area contributed by atoms with E-state index in [0.717, 1.165) is 0 Å². The SMILES string of the molecule is O=C(O)C(=O)O.[Fe].[Mn].[Ni].[V]. The summed E-state index contributed by atoms with van der Waals surface area (Å²) in [5, 5.41) is 14.8. The molecule has 64 valence electrons. The molecular formula is C2H2FeMnNiO4V. The van der Waals surface area contributed by atoms with Crippen molar-refractivity contribution in [2.45, 2.75) is 0 Å². The van der Waals surface area contributed by atoms with Gasteiger partial charge in [-0.15, -0.1) is 0 Å². The van der Waals surface area contributed by atoms with Crippen LogP contribution >= 0.6 is 0 Å². The van der Waals surface area contributed by atoms with Crippen molar-refractivity contribution >= 4 is 11.9 Å². The van der Waals surface area contributed by atoms with Crippen LogP contribution in [0.15, 0.2) is 0 Å². The number of carbonyl (C=O) groups is 2. The average molecular weight is 310 g/mol. The summed E-state index contributed by atoms with van der Waals surface area (Å²) in [5.74, 6) is -3.65. The van der Waals surface area contributed by atoms with Crippen molar-refractivity contribution in [1.82, 2.24) is 0 Å². The van der Waals surface area contributed by atoms with Crippen molar-refractivity contribution in [2.24, 2.45) is 0 Å². The van der Waals surface area contributed by atoms with Gasteiger partial charge in [-0.1, -0.05) is 0 Å². The van der Waals surface area contributed by atoms with E-state index in [-0.39, 0.29) is 69.2 Å². The molecule has 2 radical (unpaired) electrons. The van der Waals surface area contributed by atoms with Gasteiger partial charge in [0.1, 0.15) is 0 Å². The molecule has 0 saturated carbocycles. The van der Waals surface area contributed by atoms with Crippen LogP contribution in [0.4, 0.5) is 0 Å². The van der Waals surface area contributed by atoms with Gasteiger partial charge >= 0.3 is 11.9 Å². The molecular weight excluding hydrogens is 308 g/mol. The van der Waals surface area contributed by atoms with Crippen molar-refractivity contribution < 1.29 is 89.0 Å². The molecule has 0 fully saturated rings. The number of rotatable bonds is 0. The second-order valence-corrected chi connectivity index (χ2v) is 0.610. The van der Waals surface area contributed by atoms with Crippen molar-refractivity contribution in [2.75, 3.05) is 0 Å².